The molecule has 6 heteroatoms. The van der Waals surface area contributed by atoms with E-state index in [2.05, 4.69) is 17.1 Å². The molecule has 3 fully saturated rings. The molecular formula is C18H32IN3O2. The summed E-state index contributed by atoms with van der Waals surface area (Å²) in [6.07, 6.45) is 7.47. The molecule has 2 saturated carbocycles. The van der Waals surface area contributed by atoms with Gasteiger partial charge < -0.3 is 15.0 Å². The smallest absolute Gasteiger partial charge is 0.310 e. The second-order valence-corrected chi connectivity index (χ2v) is 7.34. The van der Waals surface area contributed by atoms with Crippen molar-refractivity contribution in [1.82, 2.24) is 10.2 Å². The number of guanidine groups is 1. The predicted molar refractivity (Wildman–Crippen MR) is 107 cm³/mol. The van der Waals surface area contributed by atoms with Crippen LogP contribution in [0.4, 0.5) is 0 Å². The Morgan fingerprint density at radius 1 is 1.29 bits per heavy atom. The highest BCUT2D eigenvalue weighted by molar-refractivity contribution is 14.0. The van der Waals surface area contributed by atoms with Crippen molar-refractivity contribution < 1.29 is 9.53 Å². The molecule has 138 valence electrons. The number of nitrogens with zero attached hydrogens (tertiary/aromatic N) is 2. The largest absolute Gasteiger partial charge is 0.466 e. The summed E-state index contributed by atoms with van der Waals surface area (Å²) in [7, 11) is 0. The fourth-order valence-corrected chi connectivity index (χ4v) is 3.83. The van der Waals surface area contributed by atoms with Gasteiger partial charge in [-0.2, -0.15) is 0 Å². The van der Waals surface area contributed by atoms with Gasteiger partial charge in [0.2, 0.25) is 0 Å². The van der Waals surface area contributed by atoms with Gasteiger partial charge in [-0.1, -0.05) is 0 Å². The first-order valence-electron chi connectivity index (χ1n) is 9.38. The van der Waals surface area contributed by atoms with Crippen molar-refractivity contribution in [1.29, 1.82) is 0 Å². The fraction of sp³-hybridized carbons (Fsp3) is 0.889. The Balaban J connectivity index is 0.00000208. The van der Waals surface area contributed by atoms with Gasteiger partial charge in [0.05, 0.1) is 12.5 Å². The molecule has 1 aliphatic heterocycles. The number of piperidine rings is 1. The highest BCUT2D eigenvalue weighted by Crippen LogP contribution is 2.61. The van der Waals surface area contributed by atoms with Gasteiger partial charge in [0.1, 0.15) is 0 Å². The first-order valence-corrected chi connectivity index (χ1v) is 9.38. The van der Waals surface area contributed by atoms with Crippen LogP contribution in [0.5, 0.6) is 0 Å². The number of ether oxygens (including phenoxy) is 1. The number of hydrogen-bond donors (Lipinski definition) is 1. The lowest BCUT2D eigenvalue weighted by atomic mass is 9.98. The highest BCUT2D eigenvalue weighted by Gasteiger charge is 2.53. The maximum absolute atomic E-state index is 12.0. The minimum atomic E-state index is -0.0512. The first kappa shape index (κ1) is 19.8. The molecule has 0 spiro atoms. The van der Waals surface area contributed by atoms with Crippen LogP contribution in [0.15, 0.2) is 4.99 Å². The van der Waals surface area contributed by atoms with E-state index in [0.717, 1.165) is 50.9 Å². The molecule has 3 rings (SSSR count). The van der Waals surface area contributed by atoms with Crippen molar-refractivity contribution in [3.63, 3.8) is 0 Å². The van der Waals surface area contributed by atoms with E-state index in [0.29, 0.717) is 12.0 Å². The van der Waals surface area contributed by atoms with E-state index in [-0.39, 0.29) is 35.9 Å². The van der Waals surface area contributed by atoms with Gasteiger partial charge in [-0.05, 0) is 63.7 Å². The minimum absolute atomic E-state index is 0. The lowest BCUT2D eigenvalue weighted by Gasteiger charge is -2.34. The summed E-state index contributed by atoms with van der Waals surface area (Å²) in [6.45, 7) is 8.00. The number of aliphatic imine (C=N–C) groups is 1. The Morgan fingerprint density at radius 3 is 2.62 bits per heavy atom. The average molecular weight is 449 g/mol. The van der Waals surface area contributed by atoms with Crippen LogP contribution in [0, 0.1) is 17.3 Å². The number of likely N-dealkylation sites (tertiary alicyclic amines) is 1. The second-order valence-electron chi connectivity index (χ2n) is 7.34. The molecular weight excluding hydrogens is 417 g/mol. The van der Waals surface area contributed by atoms with Crippen molar-refractivity contribution in [3.8, 4) is 0 Å². The van der Waals surface area contributed by atoms with E-state index in [9.17, 15) is 4.79 Å². The number of esters is 1. The monoisotopic (exact) mass is 449 g/mol. The predicted octanol–water partition coefficient (Wildman–Crippen LogP) is 3.04. The van der Waals surface area contributed by atoms with Gasteiger partial charge in [0.25, 0.3) is 0 Å². The molecule has 0 radical (unpaired) electrons. The van der Waals surface area contributed by atoms with E-state index < -0.39 is 0 Å². The third kappa shape index (κ3) is 4.76. The number of rotatable bonds is 6. The number of carbonyl (C=O) groups is 1. The van der Waals surface area contributed by atoms with Crippen molar-refractivity contribution in [2.45, 2.75) is 52.4 Å². The fourth-order valence-electron chi connectivity index (χ4n) is 3.83. The lowest BCUT2D eigenvalue weighted by Crippen LogP contribution is -2.48. The van der Waals surface area contributed by atoms with Crippen LogP contribution < -0.4 is 5.32 Å². The molecule has 0 bridgehead atoms. The van der Waals surface area contributed by atoms with Gasteiger partial charge in [0, 0.05) is 26.2 Å². The van der Waals surface area contributed by atoms with Crippen LogP contribution in [0.2, 0.25) is 0 Å². The summed E-state index contributed by atoms with van der Waals surface area (Å²) in [5, 5.41) is 3.43. The molecule has 0 aromatic heterocycles. The van der Waals surface area contributed by atoms with Gasteiger partial charge >= 0.3 is 5.97 Å². The molecule has 1 N–H and O–H groups in total. The Kier molecular flexibility index (Phi) is 7.19. The molecule has 2 aliphatic carbocycles. The zero-order valence-corrected chi connectivity index (χ0v) is 17.4. The second kappa shape index (κ2) is 8.72. The maximum atomic E-state index is 12.0. The van der Waals surface area contributed by atoms with Crippen LogP contribution in [-0.2, 0) is 9.53 Å². The van der Waals surface area contributed by atoms with Crippen LogP contribution in [0.3, 0.4) is 0 Å². The summed E-state index contributed by atoms with van der Waals surface area (Å²) in [5.74, 6) is 1.87. The molecule has 0 amide bonds. The molecule has 1 saturated heterocycles. The third-order valence-corrected chi connectivity index (χ3v) is 5.56. The standard InChI is InChI=1S/C18H31N3O2.HI/c1-3-19-17(20-13-18(9-10-18)15-7-8-15)21-11-5-6-14(12-21)16(22)23-4-2;/h14-15H,3-13H2,1-2H3,(H,19,20);1H. The van der Waals surface area contributed by atoms with Gasteiger partial charge in [-0.25, -0.2) is 0 Å². The van der Waals surface area contributed by atoms with Crippen molar-refractivity contribution >= 4 is 35.9 Å². The highest BCUT2D eigenvalue weighted by atomic mass is 127. The minimum Gasteiger partial charge on any atom is -0.466 e. The summed E-state index contributed by atoms with van der Waals surface area (Å²) >= 11 is 0. The van der Waals surface area contributed by atoms with Gasteiger partial charge in [-0.3, -0.25) is 9.79 Å². The van der Waals surface area contributed by atoms with E-state index in [1.54, 1.807) is 0 Å². The summed E-state index contributed by atoms with van der Waals surface area (Å²) in [4.78, 5) is 19.3. The maximum Gasteiger partial charge on any atom is 0.310 e. The number of nitrogens with one attached hydrogen (secondary N) is 1. The molecule has 1 unspecified atom stereocenters. The Labute approximate surface area is 163 Å². The van der Waals surface area contributed by atoms with E-state index >= 15 is 0 Å². The van der Waals surface area contributed by atoms with E-state index in [4.69, 9.17) is 9.73 Å². The molecule has 5 nitrogen and oxygen atoms in total. The molecule has 0 aromatic carbocycles. The Morgan fingerprint density at radius 2 is 2.04 bits per heavy atom. The van der Waals surface area contributed by atoms with Crippen molar-refractivity contribution in [2.75, 3.05) is 32.8 Å². The van der Waals surface area contributed by atoms with Crippen molar-refractivity contribution in [2.24, 2.45) is 22.2 Å². The quantitative estimate of drug-likeness (QED) is 0.293. The SMILES string of the molecule is CCNC(=NCC1(C2CC2)CC1)N1CCCC(C(=O)OCC)C1.I. The van der Waals surface area contributed by atoms with Crippen LogP contribution in [0.25, 0.3) is 0 Å². The normalized spacial score (nSPS) is 25.7. The summed E-state index contributed by atoms with van der Waals surface area (Å²) < 4.78 is 5.21. The molecule has 1 atom stereocenters. The molecule has 3 aliphatic rings. The zero-order chi connectivity index (χ0) is 16.3. The van der Waals surface area contributed by atoms with Crippen molar-refractivity contribution in [3.05, 3.63) is 0 Å². The number of carbonyl (C=O) groups excluding carboxylic acids is 1. The number of halogens is 1. The Bertz CT molecular complexity index is 461. The van der Waals surface area contributed by atoms with Crippen LogP contribution in [0.1, 0.15) is 52.4 Å². The molecule has 24 heavy (non-hydrogen) atoms. The van der Waals surface area contributed by atoms with Gasteiger partial charge in [-0.15, -0.1) is 24.0 Å². The lowest BCUT2D eigenvalue weighted by molar-refractivity contribution is -0.149. The van der Waals surface area contributed by atoms with Gasteiger partial charge in [0.15, 0.2) is 5.96 Å². The number of hydrogen-bond acceptors (Lipinski definition) is 3. The first-order chi connectivity index (χ1) is 11.2. The van der Waals surface area contributed by atoms with Crippen LogP contribution >= 0.6 is 24.0 Å². The third-order valence-electron chi connectivity index (χ3n) is 5.56. The molecule has 0 aromatic rings. The molecule has 1 heterocycles. The topological polar surface area (TPSA) is 53.9 Å². The van der Waals surface area contributed by atoms with Crippen LogP contribution in [-0.4, -0.2) is 49.6 Å². The average Bonchev–Trinajstić information content (AvgIpc) is 3.45. The van der Waals surface area contributed by atoms with E-state index in [1.165, 1.54) is 25.7 Å². The summed E-state index contributed by atoms with van der Waals surface area (Å²) in [6, 6.07) is 0. The van der Waals surface area contributed by atoms with E-state index in [1.807, 2.05) is 6.92 Å². The summed E-state index contributed by atoms with van der Waals surface area (Å²) in [5.41, 5.74) is 0.525. The zero-order valence-electron chi connectivity index (χ0n) is 15.1. The Hall–Kier alpha value is -0.530.